The molecular weight excluding hydrogens is 315 g/mol. The highest BCUT2D eigenvalue weighted by Crippen LogP contribution is 2.32. The Morgan fingerprint density at radius 2 is 2.09 bits per heavy atom. The molecule has 2 heterocycles. The summed E-state index contributed by atoms with van der Waals surface area (Å²) in [5, 5.41) is 15.0. The standard InChI is InChI=1S/C16H15FN4OS/c1-8-10(3)23-16-14(8)15(18-7-19-16)21-20-9(2)12-6-11(17)4-5-13(12)22/h4-7,22H,1-3H3,(H,18,19,21)/b20-9+. The molecule has 0 aliphatic carbocycles. The predicted octanol–water partition coefficient (Wildman–Crippen LogP) is 3.99. The van der Waals surface area contributed by atoms with E-state index in [1.54, 1.807) is 18.3 Å². The van der Waals surface area contributed by atoms with Gasteiger partial charge in [-0.1, -0.05) is 0 Å². The van der Waals surface area contributed by atoms with Gasteiger partial charge in [0.25, 0.3) is 0 Å². The van der Waals surface area contributed by atoms with E-state index in [1.165, 1.54) is 29.4 Å². The molecule has 23 heavy (non-hydrogen) atoms. The number of fused-ring (bicyclic) bond motifs is 1. The van der Waals surface area contributed by atoms with E-state index in [-0.39, 0.29) is 5.75 Å². The summed E-state index contributed by atoms with van der Waals surface area (Å²) in [6, 6.07) is 3.75. The van der Waals surface area contributed by atoms with Crippen molar-refractivity contribution in [1.82, 2.24) is 9.97 Å². The number of phenols is 1. The van der Waals surface area contributed by atoms with Gasteiger partial charge in [0, 0.05) is 10.4 Å². The van der Waals surface area contributed by atoms with Crippen molar-refractivity contribution >= 4 is 33.1 Å². The zero-order valence-corrected chi connectivity index (χ0v) is 13.7. The molecule has 118 valence electrons. The summed E-state index contributed by atoms with van der Waals surface area (Å²) >= 11 is 1.60. The molecule has 0 radical (unpaired) electrons. The number of hydrogen-bond donors (Lipinski definition) is 2. The lowest BCUT2D eigenvalue weighted by atomic mass is 10.1. The molecule has 0 spiro atoms. The quantitative estimate of drug-likeness (QED) is 0.563. The number of thiophene rings is 1. The van der Waals surface area contributed by atoms with E-state index in [1.807, 2.05) is 13.8 Å². The lowest BCUT2D eigenvalue weighted by Gasteiger charge is -2.06. The predicted molar refractivity (Wildman–Crippen MR) is 90.8 cm³/mol. The van der Waals surface area contributed by atoms with Gasteiger partial charge in [0.1, 0.15) is 22.7 Å². The molecular formula is C16H15FN4OS. The Bertz CT molecular complexity index is 920. The van der Waals surface area contributed by atoms with Crippen molar-refractivity contribution in [3.05, 3.63) is 46.3 Å². The molecule has 2 aromatic heterocycles. The van der Waals surface area contributed by atoms with Crippen molar-refractivity contribution < 1.29 is 9.50 Å². The van der Waals surface area contributed by atoms with E-state index in [9.17, 15) is 9.50 Å². The fraction of sp³-hybridized carbons (Fsp3) is 0.188. The number of nitrogens with one attached hydrogen (secondary N) is 1. The van der Waals surface area contributed by atoms with Crippen molar-refractivity contribution in [3.8, 4) is 5.75 Å². The number of aryl methyl sites for hydroxylation is 2. The number of nitrogens with zero attached hydrogens (tertiary/aromatic N) is 3. The van der Waals surface area contributed by atoms with E-state index in [2.05, 4.69) is 20.5 Å². The van der Waals surface area contributed by atoms with Crippen molar-refractivity contribution in [2.45, 2.75) is 20.8 Å². The lowest BCUT2D eigenvalue weighted by Crippen LogP contribution is -2.02. The van der Waals surface area contributed by atoms with E-state index >= 15 is 0 Å². The van der Waals surface area contributed by atoms with Crippen LogP contribution in [0.4, 0.5) is 10.2 Å². The molecule has 0 bridgehead atoms. The molecule has 0 atom stereocenters. The third-order valence-corrected chi connectivity index (χ3v) is 4.76. The maximum absolute atomic E-state index is 13.3. The summed E-state index contributed by atoms with van der Waals surface area (Å²) in [5.74, 6) is 0.137. The van der Waals surface area contributed by atoms with Gasteiger partial charge in [-0.25, -0.2) is 14.4 Å². The zero-order chi connectivity index (χ0) is 16.6. The molecule has 2 N–H and O–H groups in total. The minimum atomic E-state index is -0.430. The minimum absolute atomic E-state index is 0.0233. The van der Waals surface area contributed by atoms with Gasteiger partial charge in [-0.3, -0.25) is 5.43 Å². The van der Waals surface area contributed by atoms with Crippen LogP contribution in [0.1, 0.15) is 22.9 Å². The Balaban J connectivity index is 1.98. The minimum Gasteiger partial charge on any atom is -0.507 e. The molecule has 5 nitrogen and oxygen atoms in total. The Kier molecular flexibility index (Phi) is 3.96. The second-order valence-corrected chi connectivity index (χ2v) is 6.36. The number of hydrazone groups is 1. The molecule has 0 aliphatic heterocycles. The van der Waals surface area contributed by atoms with Crippen LogP contribution in [0.15, 0.2) is 29.6 Å². The van der Waals surface area contributed by atoms with E-state index in [4.69, 9.17) is 0 Å². The fourth-order valence-corrected chi connectivity index (χ4v) is 3.26. The molecule has 0 unspecified atom stereocenters. The highest BCUT2D eigenvalue weighted by molar-refractivity contribution is 7.18. The lowest BCUT2D eigenvalue weighted by molar-refractivity contribution is 0.472. The largest absolute Gasteiger partial charge is 0.507 e. The first-order chi connectivity index (χ1) is 11.0. The van der Waals surface area contributed by atoms with Crippen LogP contribution in [0.3, 0.4) is 0 Å². The van der Waals surface area contributed by atoms with E-state index < -0.39 is 5.82 Å². The fourth-order valence-electron chi connectivity index (χ4n) is 2.26. The average molecular weight is 330 g/mol. The maximum Gasteiger partial charge on any atom is 0.158 e. The number of anilines is 1. The van der Waals surface area contributed by atoms with Gasteiger partial charge in [0.2, 0.25) is 0 Å². The van der Waals surface area contributed by atoms with Crippen LogP contribution < -0.4 is 5.43 Å². The molecule has 3 aromatic rings. The second-order valence-electron chi connectivity index (χ2n) is 5.16. The van der Waals surface area contributed by atoms with Crippen molar-refractivity contribution in [2.24, 2.45) is 5.10 Å². The third kappa shape index (κ3) is 2.87. The van der Waals surface area contributed by atoms with Gasteiger partial charge >= 0.3 is 0 Å². The molecule has 7 heteroatoms. The first kappa shape index (κ1) is 15.4. The van der Waals surface area contributed by atoms with E-state index in [0.717, 1.165) is 15.8 Å². The SMILES string of the molecule is C/C(=N\Nc1ncnc2sc(C)c(C)c12)c1cc(F)ccc1O. The number of benzene rings is 1. The van der Waals surface area contributed by atoms with Crippen LogP contribution in [-0.2, 0) is 0 Å². The Hall–Kier alpha value is -2.54. The van der Waals surface area contributed by atoms with Crippen molar-refractivity contribution in [3.63, 3.8) is 0 Å². The van der Waals surface area contributed by atoms with E-state index in [0.29, 0.717) is 17.1 Å². The summed E-state index contributed by atoms with van der Waals surface area (Å²) in [4.78, 5) is 10.6. The van der Waals surface area contributed by atoms with Crippen molar-refractivity contribution in [1.29, 1.82) is 0 Å². The van der Waals surface area contributed by atoms with Gasteiger partial charge < -0.3 is 5.11 Å². The second kappa shape index (κ2) is 5.92. The first-order valence-corrected chi connectivity index (χ1v) is 7.79. The van der Waals surface area contributed by atoms with Crippen LogP contribution in [-0.4, -0.2) is 20.8 Å². The first-order valence-electron chi connectivity index (χ1n) is 6.97. The highest BCUT2D eigenvalue weighted by Gasteiger charge is 2.12. The van der Waals surface area contributed by atoms with Crippen molar-refractivity contribution in [2.75, 3.05) is 5.43 Å². The Morgan fingerprint density at radius 1 is 1.30 bits per heavy atom. The van der Waals surface area contributed by atoms with Gasteiger partial charge in [0.15, 0.2) is 5.82 Å². The molecule has 3 rings (SSSR count). The van der Waals surface area contributed by atoms with Gasteiger partial charge in [-0.05, 0) is 44.5 Å². The number of aromatic hydroxyl groups is 1. The van der Waals surface area contributed by atoms with Gasteiger partial charge in [-0.15, -0.1) is 11.3 Å². The summed E-state index contributed by atoms with van der Waals surface area (Å²) in [5.41, 5.74) is 4.79. The van der Waals surface area contributed by atoms with Gasteiger partial charge in [-0.2, -0.15) is 5.10 Å². The zero-order valence-electron chi connectivity index (χ0n) is 12.9. The van der Waals surface area contributed by atoms with Crippen LogP contribution >= 0.6 is 11.3 Å². The van der Waals surface area contributed by atoms with Crippen LogP contribution in [0.25, 0.3) is 10.2 Å². The average Bonchev–Trinajstić information content (AvgIpc) is 2.82. The normalized spacial score (nSPS) is 11.9. The molecule has 0 saturated heterocycles. The molecule has 0 saturated carbocycles. The third-order valence-electron chi connectivity index (χ3n) is 3.64. The highest BCUT2D eigenvalue weighted by atomic mass is 32.1. The van der Waals surface area contributed by atoms with Gasteiger partial charge in [0.05, 0.1) is 11.1 Å². The molecule has 0 fully saturated rings. The molecule has 0 aliphatic rings. The molecule has 1 aromatic carbocycles. The summed E-state index contributed by atoms with van der Waals surface area (Å²) < 4.78 is 13.3. The van der Waals surface area contributed by atoms with Crippen LogP contribution in [0.2, 0.25) is 0 Å². The topological polar surface area (TPSA) is 70.4 Å². The monoisotopic (exact) mass is 330 g/mol. The van der Waals surface area contributed by atoms with Crippen LogP contribution in [0.5, 0.6) is 5.75 Å². The molecule has 0 amide bonds. The summed E-state index contributed by atoms with van der Waals surface area (Å²) in [7, 11) is 0. The summed E-state index contributed by atoms with van der Waals surface area (Å²) in [6.07, 6.45) is 1.48. The number of phenolic OH excluding ortho intramolecular Hbond substituents is 1. The number of aromatic nitrogens is 2. The Morgan fingerprint density at radius 3 is 2.87 bits per heavy atom. The maximum atomic E-state index is 13.3. The number of hydrogen-bond acceptors (Lipinski definition) is 6. The Labute approximate surface area is 136 Å². The smallest absolute Gasteiger partial charge is 0.158 e. The number of halogens is 1. The number of rotatable bonds is 3. The summed E-state index contributed by atoms with van der Waals surface area (Å²) in [6.45, 7) is 5.73. The van der Waals surface area contributed by atoms with Crippen LogP contribution in [0, 0.1) is 19.7 Å².